The summed E-state index contributed by atoms with van der Waals surface area (Å²) in [6, 6.07) is 12.3. The van der Waals surface area contributed by atoms with Gasteiger partial charge in [-0.15, -0.1) is 10.2 Å². The molecule has 0 radical (unpaired) electrons. The van der Waals surface area contributed by atoms with Gasteiger partial charge in [0.05, 0.1) is 11.5 Å². The first-order valence-electron chi connectivity index (χ1n) is 6.92. The minimum absolute atomic E-state index is 0.106. The van der Waals surface area contributed by atoms with E-state index < -0.39 is 0 Å². The number of aromatic nitrogens is 2. The van der Waals surface area contributed by atoms with Crippen LogP contribution in [0.25, 0.3) is 0 Å². The second-order valence-electron chi connectivity index (χ2n) is 5.13. The topological polar surface area (TPSA) is 96.0 Å². The molecule has 1 aromatic carbocycles. The molecule has 0 N–H and O–H groups in total. The van der Waals surface area contributed by atoms with Gasteiger partial charge in [0, 0.05) is 17.7 Å². The number of nitrogens with zero attached hydrogens (tertiary/aromatic N) is 5. The van der Waals surface area contributed by atoms with Crippen molar-refractivity contribution in [2.75, 3.05) is 4.90 Å². The highest BCUT2D eigenvalue weighted by atomic mass is 16.6. The monoisotopic (exact) mass is 295 g/mol. The SMILES string of the molecule is N#Cc1ccc(N(Cc2ccccc2[N+](=O)[O-])C2CC2)nn1. The lowest BCUT2D eigenvalue weighted by Crippen LogP contribution is -2.26. The Morgan fingerprint density at radius 1 is 1.27 bits per heavy atom. The fourth-order valence-electron chi connectivity index (χ4n) is 2.33. The molecule has 0 unspecified atom stereocenters. The molecule has 0 amide bonds. The molecule has 0 atom stereocenters. The molecule has 110 valence electrons. The fraction of sp³-hybridized carbons (Fsp3) is 0.267. The van der Waals surface area contributed by atoms with Gasteiger partial charge in [-0.3, -0.25) is 10.1 Å². The van der Waals surface area contributed by atoms with E-state index in [4.69, 9.17) is 5.26 Å². The normalized spacial score (nSPS) is 13.4. The zero-order chi connectivity index (χ0) is 15.5. The van der Waals surface area contributed by atoms with Crippen molar-refractivity contribution in [1.29, 1.82) is 5.26 Å². The quantitative estimate of drug-likeness (QED) is 0.621. The summed E-state index contributed by atoms with van der Waals surface area (Å²) >= 11 is 0. The van der Waals surface area contributed by atoms with Gasteiger partial charge in [0.15, 0.2) is 11.5 Å². The van der Waals surface area contributed by atoms with Gasteiger partial charge in [-0.05, 0) is 25.0 Å². The minimum Gasteiger partial charge on any atom is -0.348 e. The Morgan fingerprint density at radius 3 is 2.64 bits per heavy atom. The van der Waals surface area contributed by atoms with Gasteiger partial charge >= 0.3 is 0 Å². The van der Waals surface area contributed by atoms with Crippen molar-refractivity contribution < 1.29 is 4.92 Å². The smallest absolute Gasteiger partial charge is 0.274 e. The largest absolute Gasteiger partial charge is 0.348 e. The summed E-state index contributed by atoms with van der Waals surface area (Å²) in [6.45, 7) is 0.405. The fourth-order valence-corrected chi connectivity index (χ4v) is 2.33. The third kappa shape index (κ3) is 2.86. The zero-order valence-electron chi connectivity index (χ0n) is 11.7. The van der Waals surface area contributed by atoms with Crippen LogP contribution in [0.2, 0.25) is 0 Å². The molecule has 3 rings (SSSR count). The third-order valence-electron chi connectivity index (χ3n) is 3.58. The third-order valence-corrected chi connectivity index (χ3v) is 3.58. The first-order chi connectivity index (χ1) is 10.7. The van der Waals surface area contributed by atoms with Crippen molar-refractivity contribution in [3.8, 4) is 6.07 Å². The first kappa shape index (κ1) is 13.9. The predicted molar refractivity (Wildman–Crippen MR) is 79.0 cm³/mol. The molecule has 1 fully saturated rings. The van der Waals surface area contributed by atoms with Crippen LogP contribution in [-0.4, -0.2) is 21.2 Å². The Balaban J connectivity index is 1.89. The average molecular weight is 295 g/mol. The van der Waals surface area contributed by atoms with Crippen LogP contribution in [-0.2, 0) is 6.54 Å². The Hall–Kier alpha value is -3.01. The van der Waals surface area contributed by atoms with E-state index >= 15 is 0 Å². The summed E-state index contributed by atoms with van der Waals surface area (Å²) in [5, 5.41) is 27.8. The van der Waals surface area contributed by atoms with Gasteiger partial charge in [-0.1, -0.05) is 18.2 Å². The van der Waals surface area contributed by atoms with E-state index in [0.29, 0.717) is 24.0 Å². The highest BCUT2D eigenvalue weighted by Crippen LogP contribution is 2.33. The molecule has 0 bridgehead atoms. The van der Waals surface area contributed by atoms with E-state index in [1.807, 2.05) is 11.0 Å². The van der Waals surface area contributed by atoms with Crippen molar-refractivity contribution in [1.82, 2.24) is 10.2 Å². The highest BCUT2D eigenvalue weighted by molar-refractivity contribution is 5.47. The number of rotatable bonds is 5. The first-order valence-corrected chi connectivity index (χ1v) is 6.92. The molecule has 1 saturated carbocycles. The number of hydrogen-bond donors (Lipinski definition) is 0. The van der Waals surface area contributed by atoms with E-state index in [9.17, 15) is 10.1 Å². The van der Waals surface area contributed by atoms with Gasteiger partial charge in [-0.2, -0.15) is 5.26 Å². The van der Waals surface area contributed by atoms with Gasteiger partial charge < -0.3 is 4.90 Å². The van der Waals surface area contributed by atoms with Gasteiger partial charge in [-0.25, -0.2) is 0 Å². The number of hydrogen-bond acceptors (Lipinski definition) is 6. The van der Waals surface area contributed by atoms with Crippen molar-refractivity contribution in [2.45, 2.75) is 25.4 Å². The van der Waals surface area contributed by atoms with E-state index in [1.54, 1.807) is 30.3 Å². The maximum atomic E-state index is 11.1. The highest BCUT2D eigenvalue weighted by Gasteiger charge is 2.31. The van der Waals surface area contributed by atoms with Crippen LogP contribution >= 0.6 is 0 Å². The van der Waals surface area contributed by atoms with E-state index in [-0.39, 0.29) is 16.3 Å². The maximum absolute atomic E-state index is 11.1. The average Bonchev–Trinajstić information content (AvgIpc) is 3.38. The van der Waals surface area contributed by atoms with Crippen LogP contribution in [0, 0.1) is 21.4 Å². The van der Waals surface area contributed by atoms with Gasteiger partial charge in [0.1, 0.15) is 6.07 Å². The summed E-state index contributed by atoms with van der Waals surface area (Å²) in [5.41, 5.74) is 1.01. The van der Waals surface area contributed by atoms with Crippen LogP contribution in [0.4, 0.5) is 11.5 Å². The number of para-hydroxylation sites is 1. The second-order valence-corrected chi connectivity index (χ2v) is 5.13. The Morgan fingerprint density at radius 2 is 2.05 bits per heavy atom. The second kappa shape index (κ2) is 5.77. The van der Waals surface area contributed by atoms with Crippen LogP contribution in [0.3, 0.4) is 0 Å². The molecular weight excluding hydrogens is 282 g/mol. The van der Waals surface area contributed by atoms with E-state index in [1.165, 1.54) is 6.07 Å². The molecule has 0 aliphatic heterocycles. The maximum Gasteiger partial charge on any atom is 0.274 e. The van der Waals surface area contributed by atoms with Crippen molar-refractivity contribution in [2.24, 2.45) is 0 Å². The molecule has 0 saturated heterocycles. The van der Waals surface area contributed by atoms with E-state index in [0.717, 1.165) is 12.8 Å². The van der Waals surface area contributed by atoms with Crippen LogP contribution in [0.15, 0.2) is 36.4 Å². The van der Waals surface area contributed by atoms with Crippen LogP contribution < -0.4 is 4.90 Å². The lowest BCUT2D eigenvalue weighted by Gasteiger charge is -2.22. The molecule has 0 spiro atoms. The molecule has 1 heterocycles. The molecule has 7 nitrogen and oxygen atoms in total. The molecule has 1 aromatic heterocycles. The number of nitro benzene ring substituents is 1. The summed E-state index contributed by atoms with van der Waals surface area (Å²) in [4.78, 5) is 12.8. The van der Waals surface area contributed by atoms with Crippen LogP contribution in [0.1, 0.15) is 24.1 Å². The Bertz CT molecular complexity index is 734. The minimum atomic E-state index is -0.370. The molecule has 22 heavy (non-hydrogen) atoms. The standard InChI is InChI=1S/C15H13N5O2/c16-9-12-5-8-15(18-17-12)19(13-6-7-13)10-11-3-1-2-4-14(11)20(21)22/h1-5,8,13H,6-7,10H2. The van der Waals surface area contributed by atoms with Crippen molar-refractivity contribution in [3.05, 3.63) is 57.8 Å². The molecule has 1 aliphatic carbocycles. The number of nitro groups is 1. The van der Waals surface area contributed by atoms with Crippen molar-refractivity contribution >= 4 is 11.5 Å². The molecular formula is C15H13N5O2. The van der Waals surface area contributed by atoms with Crippen molar-refractivity contribution in [3.63, 3.8) is 0 Å². The molecule has 2 aromatic rings. The van der Waals surface area contributed by atoms with Crippen LogP contribution in [0.5, 0.6) is 0 Å². The number of benzene rings is 1. The number of nitriles is 1. The summed E-state index contributed by atoms with van der Waals surface area (Å²) < 4.78 is 0. The Labute approximate surface area is 127 Å². The summed E-state index contributed by atoms with van der Waals surface area (Å²) in [6.07, 6.45) is 2.06. The van der Waals surface area contributed by atoms with E-state index in [2.05, 4.69) is 10.2 Å². The van der Waals surface area contributed by atoms with Gasteiger partial charge in [0.25, 0.3) is 5.69 Å². The Kier molecular flexibility index (Phi) is 3.66. The van der Waals surface area contributed by atoms with Gasteiger partial charge in [0.2, 0.25) is 0 Å². The number of anilines is 1. The summed E-state index contributed by atoms with van der Waals surface area (Å²) in [5.74, 6) is 0.639. The molecule has 7 heteroatoms. The summed E-state index contributed by atoms with van der Waals surface area (Å²) in [7, 11) is 0. The lowest BCUT2D eigenvalue weighted by molar-refractivity contribution is -0.385. The predicted octanol–water partition coefficient (Wildman–Crippen LogP) is 2.43. The zero-order valence-corrected chi connectivity index (χ0v) is 11.7. The molecule has 1 aliphatic rings. The lowest BCUT2D eigenvalue weighted by atomic mass is 10.1.